The Kier molecular flexibility index (Phi) is 6.92. The molecule has 3 aliphatic rings. The molecule has 0 saturated carbocycles. The summed E-state index contributed by atoms with van der Waals surface area (Å²) in [6.07, 6.45) is 0. The lowest BCUT2D eigenvalue weighted by atomic mass is 10.6. The fraction of sp³-hybridized carbons (Fsp3) is 1.00. The van der Waals surface area contributed by atoms with E-state index in [0.29, 0.717) is 0 Å². The lowest BCUT2D eigenvalue weighted by Crippen LogP contribution is -2.52. The number of hydrogen-bond acceptors (Lipinski definition) is 6. The van der Waals surface area contributed by atoms with Gasteiger partial charge in [-0.05, 0) is 7.76 Å². The van der Waals surface area contributed by atoms with Gasteiger partial charge in [-0.25, -0.2) is 12.9 Å². The molecule has 8 heteroatoms. The second-order valence-corrected chi connectivity index (χ2v) is 14.7. The van der Waals surface area contributed by atoms with Crippen LogP contribution in [0.5, 0.6) is 0 Å². The largest absolute Gasteiger partial charge is 0.235 e. The fourth-order valence-corrected chi connectivity index (χ4v) is 12.7. The van der Waals surface area contributed by atoms with Crippen molar-refractivity contribution in [1.82, 2.24) is 12.9 Å². The van der Waals surface area contributed by atoms with E-state index >= 15 is 0 Å². The SMILES string of the molecule is IS(N1CCSCC1)(N1CCSCC1)N1CCSCC1. The van der Waals surface area contributed by atoms with Gasteiger partial charge in [0.15, 0.2) is 0 Å². The lowest BCUT2D eigenvalue weighted by molar-refractivity contribution is 0.372. The van der Waals surface area contributed by atoms with Gasteiger partial charge in [-0.1, -0.05) is 0 Å². The minimum absolute atomic E-state index is 0.914. The summed E-state index contributed by atoms with van der Waals surface area (Å²) in [7, 11) is -0.914. The van der Waals surface area contributed by atoms with Crippen LogP contribution in [0.1, 0.15) is 0 Å². The first-order chi connectivity index (χ1) is 9.82. The van der Waals surface area contributed by atoms with Crippen LogP contribution in [0.4, 0.5) is 0 Å². The monoisotopic (exact) mass is 465 g/mol. The van der Waals surface area contributed by atoms with Gasteiger partial charge in [-0.3, -0.25) is 0 Å². The van der Waals surface area contributed by atoms with E-state index in [9.17, 15) is 0 Å². The van der Waals surface area contributed by atoms with E-state index in [1.54, 1.807) is 0 Å². The van der Waals surface area contributed by atoms with Gasteiger partial charge in [-0.2, -0.15) is 35.3 Å². The molecule has 3 saturated heterocycles. The molecular weight excluding hydrogens is 441 g/mol. The van der Waals surface area contributed by atoms with Crippen LogP contribution in [0.2, 0.25) is 0 Å². The average molecular weight is 466 g/mol. The van der Waals surface area contributed by atoms with Crippen molar-refractivity contribution in [3.8, 4) is 0 Å². The van der Waals surface area contributed by atoms with Gasteiger partial charge in [-0.15, -0.1) is 0 Å². The predicted octanol–water partition coefficient (Wildman–Crippen LogP) is 3.03. The zero-order valence-electron chi connectivity index (χ0n) is 11.8. The molecule has 0 spiro atoms. The second kappa shape index (κ2) is 8.21. The zero-order valence-corrected chi connectivity index (χ0v) is 17.3. The Bertz CT molecular complexity index is 260. The van der Waals surface area contributed by atoms with Crippen LogP contribution < -0.4 is 0 Å². The van der Waals surface area contributed by atoms with E-state index in [4.69, 9.17) is 0 Å². The smallest absolute Gasteiger partial charge is 0.0229 e. The van der Waals surface area contributed by atoms with Gasteiger partial charge in [0.25, 0.3) is 0 Å². The third-order valence-electron chi connectivity index (χ3n) is 3.90. The van der Waals surface area contributed by atoms with E-state index in [1.165, 1.54) is 73.8 Å². The minimum atomic E-state index is -0.914. The molecule has 0 aliphatic carbocycles. The maximum absolute atomic E-state index is 2.87. The molecule has 0 N–H and O–H groups in total. The van der Waals surface area contributed by atoms with E-state index in [1.807, 2.05) is 0 Å². The summed E-state index contributed by atoms with van der Waals surface area (Å²) in [5.74, 6) is 7.93. The van der Waals surface area contributed by atoms with E-state index in [0.717, 1.165) is 0 Å². The Balaban J connectivity index is 1.79. The molecule has 0 unspecified atom stereocenters. The first-order valence-corrected chi connectivity index (χ1v) is 14.8. The van der Waals surface area contributed by atoms with Crippen LogP contribution in [0.15, 0.2) is 0 Å². The summed E-state index contributed by atoms with van der Waals surface area (Å²) in [5.41, 5.74) is 0. The highest BCUT2D eigenvalue weighted by atomic mass is 127. The van der Waals surface area contributed by atoms with Gasteiger partial charge < -0.3 is 0 Å². The zero-order chi connectivity index (χ0) is 13.8. The number of halogens is 1. The van der Waals surface area contributed by atoms with Gasteiger partial charge in [0.05, 0.1) is 0 Å². The summed E-state index contributed by atoms with van der Waals surface area (Å²) in [6.45, 7) is 7.73. The number of hydrogen-bond donors (Lipinski definition) is 0. The maximum atomic E-state index is 2.87. The van der Waals surface area contributed by atoms with Crippen molar-refractivity contribution in [1.29, 1.82) is 0 Å². The number of thioether (sulfide) groups is 3. The summed E-state index contributed by atoms with van der Waals surface area (Å²) in [6, 6.07) is 0. The van der Waals surface area contributed by atoms with Crippen molar-refractivity contribution < 1.29 is 0 Å². The standard InChI is InChI=1S/C12H24IN3S4/c13-20(14-1-7-17-8-2-14,15-3-9-18-10-4-15)16-5-11-19-12-6-16/h1-12H2. The number of nitrogens with zero attached hydrogens (tertiary/aromatic N) is 3. The Labute approximate surface area is 150 Å². The molecule has 3 nitrogen and oxygen atoms in total. The Morgan fingerprint density at radius 3 is 1.05 bits per heavy atom. The maximum Gasteiger partial charge on any atom is 0.0229 e. The van der Waals surface area contributed by atoms with Crippen molar-refractivity contribution in [3.05, 3.63) is 0 Å². The fourth-order valence-electron chi connectivity index (χ4n) is 2.83. The highest BCUT2D eigenvalue weighted by Gasteiger charge is 2.41. The first kappa shape index (κ1) is 16.9. The molecule has 118 valence electrons. The molecule has 0 aromatic carbocycles. The van der Waals surface area contributed by atoms with E-state index < -0.39 is 7.76 Å². The molecule has 3 heterocycles. The quantitative estimate of drug-likeness (QED) is 0.589. The van der Waals surface area contributed by atoms with Crippen LogP contribution in [-0.4, -0.2) is 86.7 Å². The minimum Gasteiger partial charge on any atom is -0.235 e. The highest BCUT2D eigenvalue weighted by molar-refractivity contribution is 14.2. The summed E-state index contributed by atoms with van der Waals surface area (Å²) < 4.78 is 8.53. The van der Waals surface area contributed by atoms with Crippen LogP contribution in [0.3, 0.4) is 0 Å². The van der Waals surface area contributed by atoms with Crippen molar-refractivity contribution >= 4 is 64.2 Å². The first-order valence-electron chi connectivity index (χ1n) is 7.33. The Morgan fingerprint density at radius 1 is 0.550 bits per heavy atom. The Morgan fingerprint density at radius 2 is 0.800 bits per heavy atom. The summed E-state index contributed by atoms with van der Waals surface area (Å²) >= 11 is 9.26. The van der Waals surface area contributed by atoms with Crippen molar-refractivity contribution in [2.75, 3.05) is 73.8 Å². The molecule has 0 radical (unpaired) electrons. The molecule has 20 heavy (non-hydrogen) atoms. The van der Waals surface area contributed by atoms with Crippen LogP contribution in [0.25, 0.3) is 0 Å². The summed E-state index contributed by atoms with van der Waals surface area (Å²) in [5, 5.41) is 0. The topological polar surface area (TPSA) is 9.72 Å². The van der Waals surface area contributed by atoms with Crippen molar-refractivity contribution in [3.63, 3.8) is 0 Å². The van der Waals surface area contributed by atoms with Gasteiger partial charge >= 0.3 is 0 Å². The molecule has 0 aromatic heterocycles. The van der Waals surface area contributed by atoms with E-state index in [2.05, 4.69) is 69.4 Å². The number of rotatable bonds is 3. The Hall–Kier alpha value is 2.01. The molecular formula is C12H24IN3S4. The third-order valence-corrected chi connectivity index (χ3v) is 14.8. The highest BCUT2D eigenvalue weighted by Crippen LogP contribution is 2.65. The third kappa shape index (κ3) is 3.73. The van der Waals surface area contributed by atoms with Crippen LogP contribution in [-0.2, 0) is 0 Å². The normalized spacial score (nSPS) is 29.4. The van der Waals surface area contributed by atoms with E-state index in [-0.39, 0.29) is 0 Å². The molecule has 0 bridgehead atoms. The average Bonchev–Trinajstić information content (AvgIpc) is 2.56. The van der Waals surface area contributed by atoms with Gasteiger partial charge in [0.1, 0.15) is 0 Å². The predicted molar refractivity (Wildman–Crippen MR) is 108 cm³/mol. The molecule has 0 amide bonds. The van der Waals surface area contributed by atoms with Crippen LogP contribution in [0, 0.1) is 0 Å². The molecule has 3 aliphatic heterocycles. The van der Waals surface area contributed by atoms with Crippen molar-refractivity contribution in [2.45, 2.75) is 0 Å². The molecule has 3 rings (SSSR count). The molecule has 0 atom stereocenters. The van der Waals surface area contributed by atoms with Crippen LogP contribution >= 0.6 is 64.2 Å². The van der Waals surface area contributed by atoms with Crippen molar-refractivity contribution in [2.24, 2.45) is 0 Å². The lowest BCUT2D eigenvalue weighted by Gasteiger charge is -2.58. The van der Waals surface area contributed by atoms with Gasteiger partial charge in [0.2, 0.25) is 0 Å². The molecule has 3 fully saturated rings. The van der Waals surface area contributed by atoms with Gasteiger partial charge in [0, 0.05) is 95.0 Å². The second-order valence-electron chi connectivity index (χ2n) is 5.08. The summed E-state index contributed by atoms with van der Waals surface area (Å²) in [4.78, 5) is 0. The molecule has 0 aromatic rings.